The third kappa shape index (κ3) is 3.32. The van der Waals surface area contributed by atoms with Crippen molar-refractivity contribution in [2.75, 3.05) is 11.9 Å². The maximum Gasteiger partial charge on any atom is 0.264 e. The number of fused-ring (bicyclic) bond motifs is 2. The molecule has 4 rings (SSSR count). The van der Waals surface area contributed by atoms with Gasteiger partial charge < -0.3 is 4.74 Å². The molecule has 3 aromatic carbocycles. The van der Waals surface area contributed by atoms with Crippen LogP contribution in [0.25, 0.3) is 21.0 Å². The number of aryl methyl sites for hydroxylation is 1. The minimum Gasteiger partial charge on any atom is -0.484 e. The number of benzene rings is 3. The Kier molecular flexibility index (Phi) is 4.07. The number of nitrogens with zero attached hydrogens (tertiary/aromatic N) is 1. The van der Waals surface area contributed by atoms with Crippen LogP contribution in [0.3, 0.4) is 0 Å². The molecule has 124 valence electrons. The lowest BCUT2D eigenvalue weighted by molar-refractivity contribution is -0.118. The Morgan fingerprint density at radius 1 is 1.08 bits per heavy atom. The fourth-order valence-corrected chi connectivity index (χ4v) is 3.66. The fraction of sp³-hybridized carbons (Fsp3) is 0.100. The molecular weight excluding hydrogens is 332 g/mol. The third-order valence-corrected chi connectivity index (χ3v) is 4.89. The number of nitrogens with one attached hydrogen (secondary N) is 1. The number of amides is 1. The molecule has 4 nitrogen and oxygen atoms in total. The standard InChI is InChI=1S/C20H16N2O2S/c1-13-5-4-8-17-19(13)22-20(25-17)21-18(23)12-24-16-10-9-14-6-2-3-7-15(14)11-16/h2-11H,12H2,1H3,(H,21,22,23). The molecule has 1 amide bonds. The second-order valence-electron chi connectivity index (χ2n) is 5.79. The van der Waals surface area contributed by atoms with Gasteiger partial charge in [-0.25, -0.2) is 4.98 Å². The maximum atomic E-state index is 12.1. The van der Waals surface area contributed by atoms with Gasteiger partial charge in [0, 0.05) is 0 Å². The molecular formula is C20H16N2O2S. The molecule has 0 fully saturated rings. The molecule has 0 saturated heterocycles. The first-order valence-corrected chi connectivity index (χ1v) is 8.78. The molecule has 5 heteroatoms. The Morgan fingerprint density at radius 2 is 1.92 bits per heavy atom. The van der Waals surface area contributed by atoms with Crippen LogP contribution in [0.15, 0.2) is 60.7 Å². The van der Waals surface area contributed by atoms with Gasteiger partial charge in [-0.15, -0.1) is 0 Å². The average molecular weight is 348 g/mol. The highest BCUT2D eigenvalue weighted by atomic mass is 32.1. The zero-order chi connectivity index (χ0) is 17.2. The number of anilines is 1. The summed E-state index contributed by atoms with van der Waals surface area (Å²) in [6, 6.07) is 19.8. The first-order valence-electron chi connectivity index (χ1n) is 7.97. The van der Waals surface area contributed by atoms with E-state index in [9.17, 15) is 4.79 Å². The fourth-order valence-electron chi connectivity index (χ4n) is 2.70. The Balaban J connectivity index is 1.43. The lowest BCUT2D eigenvalue weighted by atomic mass is 10.1. The van der Waals surface area contributed by atoms with Crippen molar-refractivity contribution in [1.29, 1.82) is 0 Å². The highest BCUT2D eigenvalue weighted by Gasteiger charge is 2.10. The molecule has 0 bridgehead atoms. The van der Waals surface area contributed by atoms with E-state index in [1.54, 1.807) is 0 Å². The van der Waals surface area contributed by atoms with Gasteiger partial charge >= 0.3 is 0 Å². The van der Waals surface area contributed by atoms with Gasteiger partial charge in [-0.05, 0) is 41.5 Å². The number of carbonyl (C=O) groups is 1. The summed E-state index contributed by atoms with van der Waals surface area (Å²) in [5.41, 5.74) is 2.03. The number of ether oxygens (including phenoxy) is 1. The van der Waals surface area contributed by atoms with Crippen LogP contribution in [0.2, 0.25) is 0 Å². The molecule has 0 aliphatic carbocycles. The van der Waals surface area contributed by atoms with Gasteiger partial charge in [-0.2, -0.15) is 0 Å². The monoisotopic (exact) mass is 348 g/mol. The molecule has 0 saturated carbocycles. The Labute approximate surface area is 149 Å². The van der Waals surface area contributed by atoms with Crippen LogP contribution in [-0.4, -0.2) is 17.5 Å². The van der Waals surface area contributed by atoms with Gasteiger partial charge in [0.25, 0.3) is 5.91 Å². The van der Waals surface area contributed by atoms with E-state index in [2.05, 4.69) is 10.3 Å². The molecule has 4 aromatic rings. The molecule has 1 aromatic heterocycles. The Bertz CT molecular complexity index is 1070. The molecule has 0 atom stereocenters. The zero-order valence-electron chi connectivity index (χ0n) is 13.7. The number of rotatable bonds is 4. The van der Waals surface area contributed by atoms with E-state index in [4.69, 9.17) is 4.74 Å². The van der Waals surface area contributed by atoms with Crippen LogP contribution in [0.4, 0.5) is 5.13 Å². The van der Waals surface area contributed by atoms with E-state index in [0.717, 1.165) is 26.6 Å². The molecule has 0 aliphatic heterocycles. The van der Waals surface area contributed by atoms with E-state index in [1.165, 1.54) is 11.3 Å². The second kappa shape index (κ2) is 6.53. The van der Waals surface area contributed by atoms with E-state index >= 15 is 0 Å². The second-order valence-corrected chi connectivity index (χ2v) is 6.82. The number of carbonyl (C=O) groups excluding carboxylic acids is 1. The molecule has 0 aliphatic rings. The summed E-state index contributed by atoms with van der Waals surface area (Å²) in [6.45, 7) is 1.96. The number of hydrogen-bond acceptors (Lipinski definition) is 4. The molecule has 0 radical (unpaired) electrons. The summed E-state index contributed by atoms with van der Waals surface area (Å²) in [5, 5.41) is 5.63. The highest BCUT2D eigenvalue weighted by molar-refractivity contribution is 7.22. The maximum absolute atomic E-state index is 12.1. The van der Waals surface area contributed by atoms with Gasteiger partial charge in [0.1, 0.15) is 5.75 Å². The van der Waals surface area contributed by atoms with Gasteiger partial charge in [0.05, 0.1) is 10.2 Å². The van der Waals surface area contributed by atoms with Crippen molar-refractivity contribution in [2.24, 2.45) is 0 Å². The van der Waals surface area contributed by atoms with Crippen LogP contribution < -0.4 is 10.1 Å². The third-order valence-electron chi connectivity index (χ3n) is 3.96. The SMILES string of the molecule is Cc1cccc2sc(NC(=O)COc3ccc4ccccc4c3)nc12. The first-order chi connectivity index (χ1) is 12.2. The van der Waals surface area contributed by atoms with Crippen LogP contribution in [0.5, 0.6) is 5.75 Å². The first kappa shape index (κ1) is 15.6. The summed E-state index contributed by atoms with van der Waals surface area (Å²) >= 11 is 1.46. The summed E-state index contributed by atoms with van der Waals surface area (Å²) in [7, 11) is 0. The summed E-state index contributed by atoms with van der Waals surface area (Å²) in [5.74, 6) is 0.457. The number of aromatic nitrogens is 1. The van der Waals surface area contributed by atoms with Crippen molar-refractivity contribution in [3.63, 3.8) is 0 Å². The van der Waals surface area contributed by atoms with E-state index in [1.807, 2.05) is 67.6 Å². The summed E-state index contributed by atoms with van der Waals surface area (Å²) in [6.07, 6.45) is 0. The van der Waals surface area contributed by atoms with Gasteiger partial charge in [-0.3, -0.25) is 10.1 Å². The molecule has 1 N–H and O–H groups in total. The van der Waals surface area contributed by atoms with Crippen LogP contribution >= 0.6 is 11.3 Å². The predicted molar refractivity (Wildman–Crippen MR) is 102 cm³/mol. The van der Waals surface area contributed by atoms with Crippen molar-refractivity contribution in [3.8, 4) is 5.75 Å². The molecule has 0 unspecified atom stereocenters. The summed E-state index contributed by atoms with van der Waals surface area (Å²) in [4.78, 5) is 16.6. The number of hydrogen-bond donors (Lipinski definition) is 1. The smallest absolute Gasteiger partial charge is 0.264 e. The van der Waals surface area contributed by atoms with E-state index in [-0.39, 0.29) is 12.5 Å². The quantitative estimate of drug-likeness (QED) is 0.578. The lowest BCUT2D eigenvalue weighted by Gasteiger charge is -2.07. The van der Waals surface area contributed by atoms with Crippen molar-refractivity contribution in [2.45, 2.75) is 6.92 Å². The number of para-hydroxylation sites is 1. The zero-order valence-corrected chi connectivity index (χ0v) is 14.5. The minimum absolute atomic E-state index is 0.0484. The van der Waals surface area contributed by atoms with Crippen LogP contribution in [-0.2, 0) is 4.79 Å². The topological polar surface area (TPSA) is 51.2 Å². The normalized spacial score (nSPS) is 10.9. The Hall–Kier alpha value is -2.92. The summed E-state index contributed by atoms with van der Waals surface area (Å²) < 4.78 is 6.67. The van der Waals surface area contributed by atoms with Crippen molar-refractivity contribution in [1.82, 2.24) is 4.98 Å². The van der Waals surface area contributed by atoms with Crippen molar-refractivity contribution < 1.29 is 9.53 Å². The Morgan fingerprint density at radius 3 is 2.76 bits per heavy atom. The molecule has 0 spiro atoms. The van der Waals surface area contributed by atoms with Crippen LogP contribution in [0, 0.1) is 6.92 Å². The minimum atomic E-state index is -0.218. The largest absolute Gasteiger partial charge is 0.484 e. The van der Waals surface area contributed by atoms with Gasteiger partial charge in [0.2, 0.25) is 0 Å². The number of thiazole rings is 1. The molecule has 25 heavy (non-hydrogen) atoms. The molecule has 1 heterocycles. The van der Waals surface area contributed by atoms with E-state index < -0.39 is 0 Å². The highest BCUT2D eigenvalue weighted by Crippen LogP contribution is 2.28. The van der Waals surface area contributed by atoms with Crippen LogP contribution in [0.1, 0.15) is 5.56 Å². The van der Waals surface area contributed by atoms with Crippen molar-refractivity contribution in [3.05, 3.63) is 66.2 Å². The average Bonchev–Trinajstić information content (AvgIpc) is 3.03. The van der Waals surface area contributed by atoms with E-state index in [0.29, 0.717) is 10.9 Å². The predicted octanol–water partition coefficient (Wildman–Crippen LogP) is 4.78. The van der Waals surface area contributed by atoms with Crippen molar-refractivity contribution >= 4 is 43.4 Å². The van der Waals surface area contributed by atoms with Gasteiger partial charge in [-0.1, -0.05) is 53.8 Å². The lowest BCUT2D eigenvalue weighted by Crippen LogP contribution is -2.19. The van der Waals surface area contributed by atoms with Gasteiger partial charge in [0.15, 0.2) is 11.7 Å².